The molecule has 0 saturated carbocycles. The number of hydrogen-bond acceptors (Lipinski definition) is 3. The van der Waals surface area contributed by atoms with E-state index in [1.165, 1.54) is 0 Å². The number of carboxylic acid groups (broad SMARTS) is 1. The van der Waals surface area contributed by atoms with Gasteiger partial charge in [0.15, 0.2) is 0 Å². The molecule has 0 amide bonds. The van der Waals surface area contributed by atoms with E-state index in [1.54, 1.807) is 13.8 Å². The van der Waals surface area contributed by atoms with Crippen molar-refractivity contribution in [1.29, 1.82) is 0 Å². The summed E-state index contributed by atoms with van der Waals surface area (Å²) in [5, 5.41) is 12.3. The molecule has 2 N–H and O–H groups in total. The minimum absolute atomic E-state index is 0.642. The third kappa shape index (κ3) is 7.71. The normalized spacial score (nSPS) is 11.3. The van der Waals surface area contributed by atoms with Crippen LogP contribution in [-0.4, -0.2) is 30.8 Å². The van der Waals surface area contributed by atoms with Crippen LogP contribution in [0, 0.1) is 5.41 Å². The molecule has 0 saturated heterocycles. The lowest BCUT2D eigenvalue weighted by Gasteiger charge is -2.18. The van der Waals surface area contributed by atoms with Crippen molar-refractivity contribution in [3.8, 4) is 5.75 Å². The first-order valence-corrected chi connectivity index (χ1v) is 7.64. The summed E-state index contributed by atoms with van der Waals surface area (Å²) in [6.45, 7) is 5.95. The fourth-order valence-corrected chi connectivity index (χ4v) is 1.87. The molecular formula is C17H27NO3. The van der Waals surface area contributed by atoms with Crippen molar-refractivity contribution in [3.63, 3.8) is 0 Å². The van der Waals surface area contributed by atoms with E-state index in [1.807, 2.05) is 30.3 Å². The van der Waals surface area contributed by atoms with Crippen molar-refractivity contribution in [3.05, 3.63) is 30.3 Å². The zero-order valence-electron chi connectivity index (χ0n) is 13.1. The maximum atomic E-state index is 10.9. The fraction of sp³-hybridized carbons (Fsp3) is 0.588. The van der Waals surface area contributed by atoms with Crippen molar-refractivity contribution in [2.24, 2.45) is 5.41 Å². The maximum absolute atomic E-state index is 10.9. The number of hydrogen-bond donors (Lipinski definition) is 2. The van der Waals surface area contributed by atoms with Gasteiger partial charge in [-0.2, -0.15) is 0 Å². The quantitative estimate of drug-likeness (QED) is 0.614. The van der Waals surface area contributed by atoms with Gasteiger partial charge in [0.25, 0.3) is 0 Å². The molecule has 0 aliphatic heterocycles. The first-order valence-electron chi connectivity index (χ1n) is 7.64. The highest BCUT2D eigenvalue weighted by molar-refractivity contribution is 5.73. The van der Waals surface area contributed by atoms with Crippen LogP contribution in [-0.2, 0) is 4.79 Å². The molecule has 1 rings (SSSR count). The largest absolute Gasteiger partial charge is 0.494 e. The lowest BCUT2D eigenvalue weighted by molar-refractivity contribution is -0.147. The van der Waals surface area contributed by atoms with Crippen molar-refractivity contribution >= 4 is 5.97 Å². The summed E-state index contributed by atoms with van der Waals surface area (Å²) < 4.78 is 5.62. The van der Waals surface area contributed by atoms with Crippen LogP contribution in [0.5, 0.6) is 5.75 Å². The van der Waals surface area contributed by atoms with Crippen LogP contribution >= 0.6 is 0 Å². The molecule has 0 heterocycles. The second-order valence-electron chi connectivity index (χ2n) is 5.91. The van der Waals surface area contributed by atoms with Gasteiger partial charge in [-0.3, -0.25) is 4.79 Å². The lowest BCUT2D eigenvalue weighted by atomic mass is 9.90. The first-order chi connectivity index (χ1) is 10.0. The highest BCUT2D eigenvalue weighted by Gasteiger charge is 2.25. The van der Waals surface area contributed by atoms with E-state index in [-0.39, 0.29) is 0 Å². The highest BCUT2D eigenvalue weighted by Crippen LogP contribution is 2.19. The smallest absolute Gasteiger partial charge is 0.309 e. The monoisotopic (exact) mass is 293 g/mol. The average Bonchev–Trinajstić information content (AvgIpc) is 2.46. The SMILES string of the molecule is CC(C)(CCNCCCCCOc1ccccc1)C(=O)O. The fourth-order valence-electron chi connectivity index (χ4n) is 1.87. The van der Waals surface area contributed by atoms with Crippen LogP contribution in [0.2, 0.25) is 0 Å². The topological polar surface area (TPSA) is 58.6 Å². The number of para-hydroxylation sites is 1. The number of benzene rings is 1. The summed E-state index contributed by atoms with van der Waals surface area (Å²) in [6, 6.07) is 9.84. The molecule has 0 bridgehead atoms. The minimum atomic E-state index is -0.734. The van der Waals surface area contributed by atoms with Crippen LogP contribution < -0.4 is 10.1 Å². The number of carboxylic acids is 1. The number of ether oxygens (including phenoxy) is 1. The Morgan fingerprint density at radius 1 is 1.14 bits per heavy atom. The Bertz CT molecular complexity index is 404. The Hall–Kier alpha value is -1.55. The van der Waals surface area contributed by atoms with Crippen LogP contribution in [0.3, 0.4) is 0 Å². The predicted octanol–water partition coefficient (Wildman–Crippen LogP) is 3.33. The third-order valence-corrected chi connectivity index (χ3v) is 3.52. The van der Waals surface area contributed by atoms with Gasteiger partial charge in [-0.15, -0.1) is 0 Å². The third-order valence-electron chi connectivity index (χ3n) is 3.52. The van der Waals surface area contributed by atoms with Crippen molar-refractivity contribution in [2.45, 2.75) is 39.5 Å². The van der Waals surface area contributed by atoms with Crippen LogP contribution in [0.25, 0.3) is 0 Å². The highest BCUT2D eigenvalue weighted by atomic mass is 16.5. The summed E-state index contributed by atoms with van der Waals surface area (Å²) >= 11 is 0. The Kier molecular flexibility index (Phi) is 7.83. The van der Waals surface area contributed by atoms with E-state index in [4.69, 9.17) is 9.84 Å². The van der Waals surface area contributed by atoms with Gasteiger partial charge in [0.05, 0.1) is 12.0 Å². The van der Waals surface area contributed by atoms with Crippen molar-refractivity contribution in [1.82, 2.24) is 5.32 Å². The van der Waals surface area contributed by atoms with Gasteiger partial charge in [0, 0.05) is 0 Å². The summed E-state index contributed by atoms with van der Waals surface area (Å²) in [6.07, 6.45) is 3.89. The molecule has 0 atom stereocenters. The summed E-state index contributed by atoms with van der Waals surface area (Å²) in [7, 11) is 0. The molecule has 0 aromatic heterocycles. The van der Waals surface area contributed by atoms with Gasteiger partial charge in [-0.1, -0.05) is 18.2 Å². The van der Waals surface area contributed by atoms with Crippen molar-refractivity contribution in [2.75, 3.05) is 19.7 Å². The van der Waals surface area contributed by atoms with E-state index < -0.39 is 11.4 Å². The number of nitrogens with one attached hydrogen (secondary N) is 1. The van der Waals surface area contributed by atoms with Crippen LogP contribution in [0.1, 0.15) is 39.5 Å². The van der Waals surface area contributed by atoms with Gasteiger partial charge < -0.3 is 15.2 Å². The molecule has 4 nitrogen and oxygen atoms in total. The standard InChI is InChI=1S/C17H27NO3/c1-17(2,16(19)20)11-13-18-12-7-4-8-14-21-15-9-5-3-6-10-15/h3,5-6,9-10,18H,4,7-8,11-14H2,1-2H3,(H,19,20). The van der Waals surface area contributed by atoms with Gasteiger partial charge in [-0.05, 0) is 64.8 Å². The molecule has 0 aliphatic carbocycles. The molecule has 1 aromatic rings. The number of unbranched alkanes of at least 4 members (excludes halogenated alkanes) is 2. The zero-order valence-corrected chi connectivity index (χ0v) is 13.1. The first kappa shape index (κ1) is 17.5. The predicted molar refractivity (Wildman–Crippen MR) is 84.7 cm³/mol. The van der Waals surface area contributed by atoms with Crippen LogP contribution in [0.15, 0.2) is 30.3 Å². The van der Waals surface area contributed by atoms with E-state index >= 15 is 0 Å². The lowest BCUT2D eigenvalue weighted by Crippen LogP contribution is -2.29. The van der Waals surface area contributed by atoms with E-state index in [2.05, 4.69) is 5.32 Å². The molecule has 0 spiro atoms. The summed E-state index contributed by atoms with van der Waals surface area (Å²) in [4.78, 5) is 10.9. The van der Waals surface area contributed by atoms with Crippen molar-refractivity contribution < 1.29 is 14.6 Å². The number of rotatable bonds is 11. The number of carbonyl (C=O) groups is 1. The average molecular weight is 293 g/mol. The minimum Gasteiger partial charge on any atom is -0.494 e. The molecular weight excluding hydrogens is 266 g/mol. The molecule has 1 aromatic carbocycles. The summed E-state index contributed by atoms with van der Waals surface area (Å²) in [5.41, 5.74) is -0.642. The second-order valence-corrected chi connectivity index (χ2v) is 5.91. The molecule has 0 fully saturated rings. The molecule has 0 aliphatic rings. The van der Waals surface area contributed by atoms with Gasteiger partial charge in [0.2, 0.25) is 0 Å². The molecule has 0 unspecified atom stereocenters. The summed E-state index contributed by atoms with van der Waals surface area (Å²) in [5.74, 6) is 0.189. The van der Waals surface area contributed by atoms with E-state index in [0.717, 1.165) is 44.7 Å². The van der Waals surface area contributed by atoms with Gasteiger partial charge >= 0.3 is 5.97 Å². The second kappa shape index (κ2) is 9.40. The van der Waals surface area contributed by atoms with Gasteiger partial charge in [-0.25, -0.2) is 0 Å². The Morgan fingerprint density at radius 2 is 1.86 bits per heavy atom. The van der Waals surface area contributed by atoms with Gasteiger partial charge in [0.1, 0.15) is 5.75 Å². The Morgan fingerprint density at radius 3 is 2.52 bits per heavy atom. The van der Waals surface area contributed by atoms with E-state index in [0.29, 0.717) is 6.42 Å². The Labute approximate surface area is 127 Å². The molecule has 21 heavy (non-hydrogen) atoms. The Balaban J connectivity index is 1.92. The molecule has 118 valence electrons. The molecule has 0 radical (unpaired) electrons. The maximum Gasteiger partial charge on any atom is 0.309 e. The van der Waals surface area contributed by atoms with Crippen LogP contribution in [0.4, 0.5) is 0 Å². The number of aliphatic carboxylic acids is 1. The molecule has 4 heteroatoms. The zero-order chi connectivity index (χ0) is 15.6. The van der Waals surface area contributed by atoms with E-state index in [9.17, 15) is 4.79 Å².